The topological polar surface area (TPSA) is 107 Å². The number of hydrogen-bond acceptors (Lipinski definition) is 7. The van der Waals surface area contributed by atoms with Gasteiger partial charge in [0.1, 0.15) is 0 Å². The Morgan fingerprint density at radius 3 is 1.48 bits per heavy atom. The zero-order valence-electron chi connectivity index (χ0n) is 38.0. The molecular weight excluding hydrogens is 699 g/mol. The maximum absolute atomic E-state index is 12.9. The molecule has 0 spiro atoms. The van der Waals surface area contributed by atoms with E-state index in [1.165, 1.54) is 148 Å². The van der Waals surface area contributed by atoms with Gasteiger partial charge in [0.25, 0.3) is 6.47 Å². The van der Waals surface area contributed by atoms with Crippen LogP contribution in [0.2, 0.25) is 0 Å². The van der Waals surface area contributed by atoms with E-state index in [0.29, 0.717) is 25.6 Å². The molecule has 0 bridgehead atoms. The molecular formula is C47H93N5O4. The predicted octanol–water partition coefficient (Wildman–Crippen LogP) is 12.4. The van der Waals surface area contributed by atoms with Gasteiger partial charge in [-0.25, -0.2) is 0 Å². The number of hydrogen-bond donors (Lipinski definition) is 1. The number of carbonyl (C=O) groups excluding carboxylic acids is 2. The van der Waals surface area contributed by atoms with Crippen LogP contribution in [0.4, 0.5) is 0 Å². The number of nitriles is 1. The fraction of sp³-hybridized carbons (Fsp3) is 0.915. The summed E-state index contributed by atoms with van der Waals surface area (Å²) in [5.74, 6) is 0.798. The first-order valence-corrected chi connectivity index (χ1v) is 23.7. The van der Waals surface area contributed by atoms with Crippen molar-refractivity contribution in [1.82, 2.24) is 15.1 Å². The molecule has 0 fully saturated rings. The lowest BCUT2D eigenvalue weighted by Crippen LogP contribution is -2.34. The SMILES string of the molecule is CCCCCCCCCOC=O.CCCCCCCCN(CCCCCCCOC(=O)C(CCCCCC)CCCCCCC)CCCN=C(NC#N)N(C)C. The first-order valence-electron chi connectivity index (χ1n) is 23.7. The molecule has 0 aromatic rings. The van der Waals surface area contributed by atoms with Gasteiger partial charge in [-0.2, -0.15) is 5.26 Å². The van der Waals surface area contributed by atoms with E-state index >= 15 is 0 Å². The average molecular weight is 792 g/mol. The Labute approximate surface area is 347 Å². The first-order chi connectivity index (χ1) is 27.4. The van der Waals surface area contributed by atoms with E-state index in [-0.39, 0.29) is 11.9 Å². The summed E-state index contributed by atoms with van der Waals surface area (Å²) < 4.78 is 10.4. The van der Waals surface area contributed by atoms with Crippen molar-refractivity contribution >= 4 is 18.4 Å². The van der Waals surface area contributed by atoms with Crippen LogP contribution in [-0.4, -0.2) is 81.7 Å². The number of nitrogens with one attached hydrogen (secondary N) is 1. The molecule has 0 radical (unpaired) electrons. The normalized spacial score (nSPS) is 11.8. The summed E-state index contributed by atoms with van der Waals surface area (Å²) in [6, 6.07) is 0. The van der Waals surface area contributed by atoms with Crippen LogP contribution < -0.4 is 5.32 Å². The lowest BCUT2D eigenvalue weighted by molar-refractivity contribution is -0.149. The van der Waals surface area contributed by atoms with Crippen molar-refractivity contribution in [3.05, 3.63) is 0 Å². The van der Waals surface area contributed by atoms with Crippen molar-refractivity contribution < 1.29 is 19.1 Å². The fourth-order valence-corrected chi connectivity index (χ4v) is 6.91. The molecule has 0 saturated carbocycles. The number of guanidine groups is 1. The zero-order valence-corrected chi connectivity index (χ0v) is 38.0. The molecule has 0 aromatic heterocycles. The molecule has 0 aliphatic heterocycles. The monoisotopic (exact) mass is 792 g/mol. The van der Waals surface area contributed by atoms with E-state index in [9.17, 15) is 9.59 Å². The lowest BCUT2D eigenvalue weighted by Gasteiger charge is -2.22. The molecule has 9 nitrogen and oxygen atoms in total. The van der Waals surface area contributed by atoms with Crippen LogP contribution >= 0.6 is 0 Å². The number of unbranched alkanes of at least 4 members (excludes halogenated alkanes) is 22. The molecule has 330 valence electrons. The van der Waals surface area contributed by atoms with Gasteiger partial charge in [0, 0.05) is 20.6 Å². The van der Waals surface area contributed by atoms with Gasteiger partial charge in [0.05, 0.1) is 19.1 Å². The third-order valence-corrected chi connectivity index (χ3v) is 10.5. The quantitative estimate of drug-likeness (QED) is 0.0124. The number of carbonyl (C=O) groups is 2. The second-order valence-electron chi connectivity index (χ2n) is 16.1. The molecule has 9 heteroatoms. The van der Waals surface area contributed by atoms with Gasteiger partial charge in [-0.1, -0.05) is 175 Å². The van der Waals surface area contributed by atoms with Crippen LogP contribution in [0.15, 0.2) is 4.99 Å². The Bertz CT molecular complexity index is 894. The Morgan fingerprint density at radius 1 is 0.607 bits per heavy atom. The standard InChI is InChI=1S/C37H73N5O2.C10H20O2/c1-6-9-12-15-18-23-30-42(32-26-29-39-37(40-34-38)41(4)5)31-24-19-16-20-25-33-44-36(43)35(27-21-14-11-8-3)28-22-17-13-10-7-2;1-2-3-4-5-6-7-8-9-12-10-11/h35H,6-33H2,1-5H3,(H,39,40);10H,2-9H2,1H3. The Morgan fingerprint density at radius 2 is 1.02 bits per heavy atom. The Hall–Kier alpha value is -2.34. The molecule has 1 N–H and O–H groups in total. The van der Waals surface area contributed by atoms with E-state index in [4.69, 9.17) is 10.00 Å². The summed E-state index contributed by atoms with van der Waals surface area (Å²) in [7, 11) is 3.81. The number of aliphatic imine (C=N–C) groups is 1. The molecule has 1 atom stereocenters. The van der Waals surface area contributed by atoms with Gasteiger partial charge in [-0.3, -0.25) is 19.9 Å². The molecule has 0 aliphatic rings. The van der Waals surface area contributed by atoms with Gasteiger partial charge in [0.2, 0.25) is 5.96 Å². The molecule has 56 heavy (non-hydrogen) atoms. The summed E-state index contributed by atoms with van der Waals surface area (Å²) in [6.45, 7) is 14.8. The van der Waals surface area contributed by atoms with Crippen LogP contribution in [-0.2, 0) is 19.1 Å². The summed E-state index contributed by atoms with van der Waals surface area (Å²) in [4.78, 5) is 31.6. The van der Waals surface area contributed by atoms with E-state index in [1.54, 1.807) is 0 Å². The number of rotatable bonds is 40. The minimum absolute atomic E-state index is 0.0627. The van der Waals surface area contributed by atoms with Gasteiger partial charge in [-0.05, 0) is 64.6 Å². The minimum Gasteiger partial charge on any atom is -0.468 e. The van der Waals surface area contributed by atoms with Crippen molar-refractivity contribution in [2.24, 2.45) is 10.9 Å². The number of ether oxygens (including phenoxy) is 2. The highest BCUT2D eigenvalue weighted by atomic mass is 16.5. The van der Waals surface area contributed by atoms with Crippen molar-refractivity contribution in [3.8, 4) is 6.19 Å². The van der Waals surface area contributed by atoms with Crippen LogP contribution in [0.5, 0.6) is 0 Å². The molecule has 1 unspecified atom stereocenters. The van der Waals surface area contributed by atoms with Crippen molar-refractivity contribution in [2.75, 3.05) is 53.5 Å². The highest BCUT2D eigenvalue weighted by Gasteiger charge is 2.19. The zero-order chi connectivity index (χ0) is 41.6. The minimum atomic E-state index is 0.0627. The lowest BCUT2D eigenvalue weighted by atomic mass is 9.94. The van der Waals surface area contributed by atoms with E-state index in [1.807, 2.05) is 25.2 Å². The fourth-order valence-electron chi connectivity index (χ4n) is 6.91. The van der Waals surface area contributed by atoms with Crippen LogP contribution in [0.25, 0.3) is 0 Å². The molecule has 0 aromatic carbocycles. The van der Waals surface area contributed by atoms with Gasteiger partial charge < -0.3 is 19.3 Å². The predicted molar refractivity (Wildman–Crippen MR) is 239 cm³/mol. The molecule has 0 heterocycles. The van der Waals surface area contributed by atoms with Crippen molar-refractivity contribution in [2.45, 2.75) is 220 Å². The maximum atomic E-state index is 12.9. The first kappa shape index (κ1) is 55.8. The average Bonchev–Trinajstić information content (AvgIpc) is 3.19. The second-order valence-corrected chi connectivity index (χ2v) is 16.1. The molecule has 0 rings (SSSR count). The van der Waals surface area contributed by atoms with Crippen LogP contribution in [0, 0.1) is 17.4 Å². The number of nitrogens with zero attached hydrogens (tertiary/aromatic N) is 4. The summed E-state index contributed by atoms with van der Waals surface area (Å²) in [5, 5.41) is 11.6. The summed E-state index contributed by atoms with van der Waals surface area (Å²) in [6.07, 6.45) is 38.7. The van der Waals surface area contributed by atoms with Crippen molar-refractivity contribution in [1.29, 1.82) is 5.26 Å². The summed E-state index contributed by atoms with van der Waals surface area (Å²) in [5.41, 5.74) is 0. The second kappa shape index (κ2) is 47.0. The molecule has 0 amide bonds. The highest BCUT2D eigenvalue weighted by Crippen LogP contribution is 2.21. The van der Waals surface area contributed by atoms with Crippen LogP contribution in [0.3, 0.4) is 0 Å². The molecule has 0 saturated heterocycles. The number of esters is 1. The van der Waals surface area contributed by atoms with Crippen LogP contribution in [0.1, 0.15) is 220 Å². The van der Waals surface area contributed by atoms with Gasteiger partial charge >= 0.3 is 5.97 Å². The maximum Gasteiger partial charge on any atom is 0.308 e. The largest absolute Gasteiger partial charge is 0.468 e. The van der Waals surface area contributed by atoms with E-state index < -0.39 is 0 Å². The van der Waals surface area contributed by atoms with E-state index in [2.05, 4.69) is 47.6 Å². The van der Waals surface area contributed by atoms with Crippen molar-refractivity contribution in [3.63, 3.8) is 0 Å². The molecule has 0 aliphatic carbocycles. The highest BCUT2D eigenvalue weighted by molar-refractivity contribution is 5.80. The Balaban J connectivity index is 0. The Kier molecular flexibility index (Phi) is 46.8. The van der Waals surface area contributed by atoms with Gasteiger partial charge in [-0.15, -0.1) is 0 Å². The van der Waals surface area contributed by atoms with Gasteiger partial charge in [0.15, 0.2) is 6.19 Å². The third-order valence-electron chi connectivity index (χ3n) is 10.5. The summed E-state index contributed by atoms with van der Waals surface area (Å²) >= 11 is 0. The smallest absolute Gasteiger partial charge is 0.308 e. The van der Waals surface area contributed by atoms with E-state index in [0.717, 1.165) is 71.0 Å². The third kappa shape index (κ3) is 41.3.